The third kappa shape index (κ3) is 12.2. The Kier molecular flexibility index (Phi) is 16.1. The minimum Gasteiger partial charge on any atom is -0.394 e. The number of hydrogen-bond donors (Lipinski definition) is 6. The number of thioether (sulfide) groups is 1. The number of fused-ring (bicyclic) bond motifs is 1. The molecule has 3 rings (SSSR count). The first-order valence-electron chi connectivity index (χ1n) is 15.4. The van der Waals surface area contributed by atoms with Crippen LogP contribution in [-0.4, -0.2) is 105 Å². The number of benzene rings is 2. The number of aliphatic hydroxyl groups excluding tert-OH is 2. The second-order valence-corrected chi connectivity index (χ2v) is 11.9. The van der Waals surface area contributed by atoms with Gasteiger partial charge in [0.1, 0.15) is 6.04 Å². The third-order valence-corrected chi connectivity index (χ3v) is 8.29. The summed E-state index contributed by atoms with van der Waals surface area (Å²) in [6, 6.07) is 12.7. The lowest BCUT2D eigenvalue weighted by atomic mass is 9.74. The molecule has 0 spiro atoms. The number of carbonyl (C=O) groups excluding carboxylic acids is 4. The van der Waals surface area contributed by atoms with Crippen molar-refractivity contribution in [2.24, 2.45) is 17.8 Å². The highest BCUT2D eigenvalue weighted by Crippen LogP contribution is 2.34. The number of nitrogens with one attached hydrogen (secondary N) is 4. The van der Waals surface area contributed by atoms with E-state index in [0.717, 1.165) is 10.8 Å². The van der Waals surface area contributed by atoms with Gasteiger partial charge in [0.2, 0.25) is 23.6 Å². The van der Waals surface area contributed by atoms with Crippen molar-refractivity contribution in [3.63, 3.8) is 0 Å². The van der Waals surface area contributed by atoms with Gasteiger partial charge >= 0.3 is 0 Å². The van der Waals surface area contributed by atoms with Crippen molar-refractivity contribution >= 4 is 51.9 Å². The molecular formula is C32H46N4O8S. The van der Waals surface area contributed by atoms with Crippen LogP contribution < -0.4 is 21.3 Å². The van der Waals surface area contributed by atoms with Crippen molar-refractivity contribution in [2.75, 3.05) is 70.1 Å². The van der Waals surface area contributed by atoms with Crippen LogP contribution in [0.5, 0.6) is 0 Å². The molecular weight excluding hydrogens is 600 g/mol. The molecule has 1 unspecified atom stereocenters. The van der Waals surface area contributed by atoms with Crippen molar-refractivity contribution in [3.8, 4) is 0 Å². The summed E-state index contributed by atoms with van der Waals surface area (Å²) in [6.07, 6.45) is 3.08. The average molecular weight is 647 g/mol. The van der Waals surface area contributed by atoms with E-state index < -0.39 is 23.8 Å². The second kappa shape index (κ2) is 20.0. The Balaban J connectivity index is 1.68. The molecule has 0 aliphatic heterocycles. The van der Waals surface area contributed by atoms with E-state index >= 15 is 0 Å². The van der Waals surface area contributed by atoms with Crippen LogP contribution in [0.2, 0.25) is 0 Å². The minimum atomic E-state index is -0.801. The number of hydrogen-bond acceptors (Lipinski definition) is 9. The average Bonchev–Trinajstić information content (AvgIpc) is 3.05. The van der Waals surface area contributed by atoms with Gasteiger partial charge in [0.05, 0.1) is 39.6 Å². The predicted octanol–water partition coefficient (Wildman–Crippen LogP) is 1.30. The summed E-state index contributed by atoms with van der Waals surface area (Å²) in [4.78, 5) is 53.2. The fourth-order valence-corrected chi connectivity index (χ4v) is 5.84. The molecule has 13 heteroatoms. The van der Waals surface area contributed by atoms with Crippen LogP contribution in [0.1, 0.15) is 25.7 Å². The molecule has 4 amide bonds. The molecule has 0 radical (unpaired) electrons. The van der Waals surface area contributed by atoms with Gasteiger partial charge in [-0.2, -0.15) is 11.8 Å². The molecule has 248 valence electrons. The summed E-state index contributed by atoms with van der Waals surface area (Å²) >= 11 is 1.57. The van der Waals surface area contributed by atoms with Crippen LogP contribution in [-0.2, 0) is 28.7 Å². The number of carbonyl (C=O) groups is 4. The molecule has 45 heavy (non-hydrogen) atoms. The van der Waals surface area contributed by atoms with E-state index in [-0.39, 0.29) is 95.6 Å². The van der Waals surface area contributed by atoms with E-state index in [9.17, 15) is 19.2 Å². The Bertz CT molecular complexity index is 1210. The number of rotatable bonds is 19. The van der Waals surface area contributed by atoms with Gasteiger partial charge in [-0.1, -0.05) is 30.3 Å². The Hall–Kier alpha value is -3.23. The number of aliphatic hydroxyl groups is 2. The SMILES string of the molecule is CSCC[C@H](NC(=O)C1C[C@@H](C(=O)NCCOCCO)C[C@@H](C(=O)NCCOCCO)C1)C(=O)Nc1ccc2ccccc2c1. The van der Waals surface area contributed by atoms with E-state index in [2.05, 4.69) is 21.3 Å². The second-order valence-electron chi connectivity index (χ2n) is 10.9. The maximum Gasteiger partial charge on any atom is 0.246 e. The highest BCUT2D eigenvalue weighted by atomic mass is 32.2. The first kappa shape index (κ1) is 36.2. The molecule has 2 aromatic rings. The fourth-order valence-electron chi connectivity index (χ4n) is 5.37. The topological polar surface area (TPSA) is 175 Å². The summed E-state index contributed by atoms with van der Waals surface area (Å²) < 4.78 is 10.4. The number of anilines is 1. The first-order chi connectivity index (χ1) is 21.9. The van der Waals surface area contributed by atoms with Gasteiger partial charge < -0.3 is 41.0 Å². The summed E-state index contributed by atoms with van der Waals surface area (Å²) in [7, 11) is 0. The highest BCUT2D eigenvalue weighted by Gasteiger charge is 2.39. The summed E-state index contributed by atoms with van der Waals surface area (Å²) in [5.74, 6) is -2.47. The molecule has 4 atom stereocenters. The first-order valence-corrected chi connectivity index (χ1v) is 16.8. The zero-order chi connectivity index (χ0) is 32.4. The van der Waals surface area contributed by atoms with Crippen LogP contribution in [0, 0.1) is 17.8 Å². The zero-order valence-electron chi connectivity index (χ0n) is 25.8. The quantitative estimate of drug-likeness (QED) is 0.123. The van der Waals surface area contributed by atoms with Crippen LogP contribution >= 0.6 is 11.8 Å². The molecule has 0 bridgehead atoms. The standard InChI is InChI=1S/C32H46N4O8S/c1-45-17-8-28(32(42)35-27-7-6-22-4-2-3-5-23(22)21-27)36-31(41)26-19-24(29(39)33-9-13-43-15-11-37)18-25(20-26)30(40)34-10-14-44-16-12-38/h2-7,21,24-26,28,37-38H,8-20H2,1H3,(H,33,39)(H,34,40)(H,35,42)(H,36,41)/t24-,25+,26?,28-/m0/s1. The Morgan fingerprint density at radius 2 is 1.36 bits per heavy atom. The maximum absolute atomic E-state index is 13.7. The number of amides is 4. The highest BCUT2D eigenvalue weighted by molar-refractivity contribution is 7.98. The minimum absolute atomic E-state index is 0.118. The molecule has 1 aliphatic rings. The lowest BCUT2D eigenvalue weighted by Crippen LogP contribution is -2.50. The van der Waals surface area contributed by atoms with Gasteiger partial charge in [-0.25, -0.2) is 0 Å². The molecule has 1 aliphatic carbocycles. The Labute approximate surface area is 268 Å². The van der Waals surface area contributed by atoms with Crippen molar-refractivity contribution in [3.05, 3.63) is 42.5 Å². The molecule has 0 aromatic heterocycles. The normalized spacial score (nSPS) is 18.6. The van der Waals surface area contributed by atoms with Crippen molar-refractivity contribution in [1.29, 1.82) is 0 Å². The van der Waals surface area contributed by atoms with Gasteiger partial charge in [0.25, 0.3) is 0 Å². The molecule has 2 aromatic carbocycles. The number of ether oxygens (including phenoxy) is 2. The van der Waals surface area contributed by atoms with Crippen LogP contribution in [0.25, 0.3) is 10.8 Å². The van der Waals surface area contributed by atoms with E-state index in [1.807, 2.05) is 48.7 Å². The van der Waals surface area contributed by atoms with Crippen molar-refractivity contribution in [2.45, 2.75) is 31.7 Å². The summed E-state index contributed by atoms with van der Waals surface area (Å²) in [6.45, 7) is 1.01. The molecule has 1 fully saturated rings. The Morgan fingerprint density at radius 1 is 0.800 bits per heavy atom. The molecule has 0 saturated heterocycles. The van der Waals surface area contributed by atoms with Crippen molar-refractivity contribution < 1.29 is 38.9 Å². The Morgan fingerprint density at radius 3 is 1.91 bits per heavy atom. The van der Waals surface area contributed by atoms with Crippen LogP contribution in [0.3, 0.4) is 0 Å². The van der Waals surface area contributed by atoms with E-state index in [4.69, 9.17) is 19.7 Å². The van der Waals surface area contributed by atoms with Crippen molar-refractivity contribution in [1.82, 2.24) is 16.0 Å². The van der Waals surface area contributed by atoms with Gasteiger partial charge in [-0.3, -0.25) is 19.2 Å². The fraction of sp³-hybridized carbons (Fsp3) is 0.562. The summed E-state index contributed by atoms with van der Waals surface area (Å²) in [5.41, 5.74) is 0.624. The molecule has 12 nitrogen and oxygen atoms in total. The monoisotopic (exact) mass is 646 g/mol. The predicted molar refractivity (Wildman–Crippen MR) is 174 cm³/mol. The maximum atomic E-state index is 13.7. The molecule has 1 saturated carbocycles. The van der Waals surface area contributed by atoms with Crippen LogP contribution in [0.4, 0.5) is 5.69 Å². The van der Waals surface area contributed by atoms with E-state index in [1.54, 1.807) is 11.8 Å². The lowest BCUT2D eigenvalue weighted by Gasteiger charge is -2.33. The molecule has 6 N–H and O–H groups in total. The van der Waals surface area contributed by atoms with Crippen LogP contribution in [0.15, 0.2) is 42.5 Å². The molecule has 0 heterocycles. The zero-order valence-corrected chi connectivity index (χ0v) is 26.6. The van der Waals surface area contributed by atoms with Gasteiger partial charge in [-0.05, 0) is 60.6 Å². The third-order valence-electron chi connectivity index (χ3n) is 7.64. The van der Waals surface area contributed by atoms with E-state index in [0.29, 0.717) is 17.9 Å². The van der Waals surface area contributed by atoms with Gasteiger partial charge in [-0.15, -0.1) is 0 Å². The van der Waals surface area contributed by atoms with E-state index in [1.165, 1.54) is 0 Å². The summed E-state index contributed by atoms with van der Waals surface area (Å²) in [5, 5.41) is 31.2. The van der Waals surface area contributed by atoms with Gasteiger partial charge in [0.15, 0.2) is 0 Å². The smallest absolute Gasteiger partial charge is 0.246 e. The largest absolute Gasteiger partial charge is 0.394 e. The van der Waals surface area contributed by atoms with Gasteiger partial charge in [0, 0.05) is 36.5 Å². The lowest BCUT2D eigenvalue weighted by molar-refractivity contribution is -0.136.